The largest absolute Gasteiger partial charge is 0.508 e. The van der Waals surface area contributed by atoms with E-state index in [2.05, 4.69) is 63.5 Å². The maximum atomic E-state index is 15.8. The second-order valence-electron chi connectivity index (χ2n) is 26.7. The third-order valence-electron chi connectivity index (χ3n) is 18.1. The zero-order valence-corrected chi connectivity index (χ0v) is 61.4. The summed E-state index contributed by atoms with van der Waals surface area (Å²) in [6.45, 7) is 4.71. The van der Waals surface area contributed by atoms with Gasteiger partial charge in [0.05, 0.1) is 18.8 Å². The molecule has 2 bridgehead atoms. The lowest BCUT2D eigenvalue weighted by atomic mass is 9.98. The number of hydrogen-bond donors (Lipinski definition) is 18. The monoisotopic (exact) mass is 1510 g/mol. The molecule has 106 heavy (non-hydrogen) atoms. The fourth-order valence-corrected chi connectivity index (χ4v) is 14.2. The Hall–Kier alpha value is -9.64. The van der Waals surface area contributed by atoms with Crippen LogP contribution in [0.2, 0.25) is 0 Å². The Morgan fingerprint density at radius 2 is 1.14 bits per heavy atom. The van der Waals surface area contributed by atoms with Gasteiger partial charge in [-0.2, -0.15) is 0 Å². The van der Waals surface area contributed by atoms with E-state index in [1.54, 1.807) is 72.9 Å². The van der Waals surface area contributed by atoms with E-state index >= 15 is 19.2 Å². The molecule has 574 valence electrons. The van der Waals surface area contributed by atoms with Gasteiger partial charge in [0.15, 0.2) is 0 Å². The number of carboxylic acid groups (broad SMARTS) is 1. The maximum Gasteiger partial charge on any atom is 0.327 e. The summed E-state index contributed by atoms with van der Waals surface area (Å²) in [5, 5.41) is 72.9. The molecule has 0 saturated carbocycles. The molecular formula is C73H99N15O16S2. The van der Waals surface area contributed by atoms with Gasteiger partial charge in [-0.05, 0) is 104 Å². The maximum absolute atomic E-state index is 15.8. The van der Waals surface area contributed by atoms with Crippen LogP contribution < -0.4 is 70.0 Å². The molecule has 12 atom stereocenters. The van der Waals surface area contributed by atoms with E-state index in [1.807, 2.05) is 26.0 Å². The van der Waals surface area contributed by atoms with Crippen LogP contribution in [0.25, 0.3) is 10.9 Å². The molecule has 11 amide bonds. The first-order chi connectivity index (χ1) is 50.7. The molecule has 3 heterocycles. The molecule has 5 aromatic rings. The van der Waals surface area contributed by atoms with Crippen molar-refractivity contribution in [3.63, 3.8) is 0 Å². The number of carboxylic acids is 1. The molecule has 4 aromatic carbocycles. The topological polar surface area (TPSA) is 489 Å². The quantitative estimate of drug-likeness (QED) is 0.0378. The number of aromatic hydroxyl groups is 1. The molecule has 2 aliphatic heterocycles. The molecule has 0 unspecified atom stereocenters. The Morgan fingerprint density at radius 3 is 1.78 bits per heavy atom. The number of benzene rings is 4. The molecule has 2 saturated heterocycles. The summed E-state index contributed by atoms with van der Waals surface area (Å²) in [5.41, 5.74) is 15.7. The van der Waals surface area contributed by atoms with Crippen molar-refractivity contribution < 1.29 is 78.0 Å². The van der Waals surface area contributed by atoms with Crippen LogP contribution in [0.5, 0.6) is 5.75 Å². The minimum absolute atomic E-state index is 0.0119. The first kappa shape index (κ1) is 83.6. The highest BCUT2D eigenvalue weighted by molar-refractivity contribution is 8.76. The molecule has 20 N–H and O–H groups in total. The number of likely N-dealkylation sites (N-methyl/N-ethyl adjacent to an activating group) is 1. The Labute approximate surface area is 622 Å². The number of amides is 11. The number of nitrogens with one attached hydrogen (secondary N) is 12. The number of phenols is 1. The van der Waals surface area contributed by atoms with Gasteiger partial charge in [0.1, 0.15) is 66.2 Å². The number of carbonyl (C=O) groups excluding carboxylic acids is 11. The van der Waals surface area contributed by atoms with Gasteiger partial charge in [0, 0.05) is 86.9 Å². The normalized spacial score (nSPS) is 24.5. The van der Waals surface area contributed by atoms with Crippen LogP contribution in [0.4, 0.5) is 0 Å². The number of rotatable bonds is 18. The minimum Gasteiger partial charge on any atom is -0.508 e. The van der Waals surface area contributed by atoms with Gasteiger partial charge in [-0.25, -0.2) is 4.79 Å². The van der Waals surface area contributed by atoms with Crippen LogP contribution >= 0.6 is 21.6 Å². The van der Waals surface area contributed by atoms with Crippen LogP contribution in [-0.4, -0.2) is 218 Å². The fourth-order valence-electron chi connectivity index (χ4n) is 11.9. The molecule has 33 heteroatoms. The number of unbranched alkanes of at least 4 members (excludes halogenated alkanes) is 1. The lowest BCUT2D eigenvalue weighted by Crippen LogP contribution is -2.63. The smallest absolute Gasteiger partial charge is 0.327 e. The number of aliphatic hydroxyl groups excluding tert-OH is 2. The van der Waals surface area contributed by atoms with E-state index in [-0.39, 0.29) is 87.8 Å². The summed E-state index contributed by atoms with van der Waals surface area (Å²) < 4.78 is 0. The number of carbonyl (C=O) groups is 12. The first-order valence-corrected chi connectivity index (χ1v) is 37.9. The van der Waals surface area contributed by atoms with E-state index in [4.69, 9.17) is 11.5 Å². The van der Waals surface area contributed by atoms with Crippen molar-refractivity contribution in [3.8, 4) is 5.75 Å². The lowest BCUT2D eigenvalue weighted by molar-refractivity contribution is -0.143. The predicted molar refractivity (Wildman–Crippen MR) is 398 cm³/mol. The number of aromatic nitrogens is 1. The first-order valence-electron chi connectivity index (χ1n) is 35.4. The van der Waals surface area contributed by atoms with Crippen LogP contribution in [0.15, 0.2) is 109 Å². The van der Waals surface area contributed by atoms with Crippen LogP contribution in [0, 0.1) is 0 Å². The molecular weight excluding hydrogens is 1410 g/mol. The van der Waals surface area contributed by atoms with Crippen molar-refractivity contribution in [2.24, 2.45) is 11.5 Å². The number of aliphatic hydroxyl groups is 2. The lowest BCUT2D eigenvalue weighted by Gasteiger charge is -2.33. The molecule has 1 aromatic heterocycles. The van der Waals surface area contributed by atoms with Gasteiger partial charge < -0.3 is 100 Å². The van der Waals surface area contributed by atoms with Crippen molar-refractivity contribution in [2.45, 2.75) is 183 Å². The average molecular weight is 1510 g/mol. The molecule has 2 fully saturated rings. The number of aliphatic carboxylic acids is 1. The Bertz CT molecular complexity index is 3810. The van der Waals surface area contributed by atoms with E-state index in [0.29, 0.717) is 52.5 Å². The standard InChI is InChI=1S/C73H99N15O16S2/c1-41(2)77-36-46-22-20-45(21-23-46)34-60-70(100)87-62(42(3)90)71(101)83-56(33-44-24-26-48(91)27-25-44)68(98)80-53-19-11-13-31-76-61(92)29-28-54(66(96)84-57(72(102)88(60)4)35-47-37-78-51-17-9-8-16-49(47)51)81-67(97)55(32-43-14-6-5-7-15-43)82-64(94)52(18-10-12-30-74)79-63(93)50(75)39-105-106-40-59(73(103)104)86-69(99)58(38-89)85-65(53)95/h5-9,14-17,20-27,37,41-42,50,52-60,62,77-78,89-91H,10-13,18-19,28-36,38-40,74-75H2,1-4H3,(H,76,92)(H,79,93)(H,80,98)(H,81,97)(H,82,94)(H,83,101)(H,84,96)(H,85,95)(H,86,99)(H,87,100)(H,103,104)/t42-,50+,52+,53+,54+,55+,56+,57-,58+,59+,60+,62+/m1/s1. The van der Waals surface area contributed by atoms with Gasteiger partial charge in [0.2, 0.25) is 65.0 Å². The van der Waals surface area contributed by atoms with Crippen LogP contribution in [-0.2, 0) is 89.8 Å². The molecule has 0 spiro atoms. The second kappa shape index (κ2) is 41.9. The average Bonchev–Trinajstić information content (AvgIpc) is 1.39. The number of aromatic amines is 1. The molecule has 0 radical (unpaired) electrons. The van der Waals surface area contributed by atoms with Crippen molar-refractivity contribution in [3.05, 3.63) is 137 Å². The summed E-state index contributed by atoms with van der Waals surface area (Å²) >= 11 is 0. The third-order valence-corrected chi connectivity index (χ3v) is 20.5. The molecule has 0 aliphatic carbocycles. The fraction of sp³-hybridized carbons (Fsp3) is 0.479. The molecule has 31 nitrogen and oxygen atoms in total. The van der Waals surface area contributed by atoms with E-state index in [1.165, 1.54) is 38.2 Å². The molecule has 2 aliphatic rings. The van der Waals surface area contributed by atoms with E-state index in [9.17, 15) is 58.8 Å². The Balaban J connectivity index is 1.38. The van der Waals surface area contributed by atoms with Gasteiger partial charge in [-0.3, -0.25) is 52.7 Å². The zero-order valence-electron chi connectivity index (χ0n) is 59.7. The number of H-pyrrole nitrogens is 1. The summed E-state index contributed by atoms with van der Waals surface area (Å²) in [6, 6.07) is 10.9. The van der Waals surface area contributed by atoms with Crippen LogP contribution in [0.1, 0.15) is 100.0 Å². The summed E-state index contributed by atoms with van der Waals surface area (Å²) in [4.78, 5) is 180. The van der Waals surface area contributed by atoms with Crippen molar-refractivity contribution in [1.29, 1.82) is 0 Å². The summed E-state index contributed by atoms with van der Waals surface area (Å²) in [5.74, 6) is -12.6. The third kappa shape index (κ3) is 25.9. The summed E-state index contributed by atoms with van der Waals surface area (Å²) in [6.07, 6.45) is -1.34. The van der Waals surface area contributed by atoms with Gasteiger partial charge in [-0.1, -0.05) is 120 Å². The van der Waals surface area contributed by atoms with Gasteiger partial charge in [-0.15, -0.1) is 0 Å². The Kier molecular flexibility index (Phi) is 33.1. The minimum atomic E-state index is -1.89. The van der Waals surface area contributed by atoms with E-state index in [0.717, 1.165) is 32.1 Å². The van der Waals surface area contributed by atoms with Crippen molar-refractivity contribution in [2.75, 3.05) is 38.2 Å². The number of hydrogen-bond acceptors (Lipinski definition) is 20. The number of nitrogens with two attached hydrogens (primary N) is 2. The highest BCUT2D eigenvalue weighted by Gasteiger charge is 2.40. The van der Waals surface area contributed by atoms with Crippen molar-refractivity contribution >= 4 is 103 Å². The number of phenolic OH excluding ortho intramolecular Hbond substituents is 1. The number of nitrogens with zero attached hydrogens (tertiary/aromatic N) is 1. The van der Waals surface area contributed by atoms with Gasteiger partial charge in [0.25, 0.3) is 0 Å². The summed E-state index contributed by atoms with van der Waals surface area (Å²) in [7, 11) is 3.17. The number of para-hydroxylation sites is 1. The van der Waals surface area contributed by atoms with Crippen LogP contribution in [0.3, 0.4) is 0 Å². The molecule has 7 rings (SSSR count). The highest BCUT2D eigenvalue weighted by Crippen LogP contribution is 2.25. The zero-order chi connectivity index (χ0) is 77.0. The van der Waals surface area contributed by atoms with E-state index < -0.39 is 163 Å². The second-order valence-corrected chi connectivity index (χ2v) is 29.3. The van der Waals surface area contributed by atoms with Crippen molar-refractivity contribution in [1.82, 2.24) is 68.4 Å². The SMILES string of the molecule is CC(C)NCc1ccc(C[C@H]2C(=O)N[C@@H]([C@@H](C)O)C(=O)N[C@@H](Cc3ccc(O)cc3)C(=O)N[C@H]3CCCCNC(=O)CC[C@H](NC(=O)[C@H](Cc4ccccc4)NC(=O)[C@H](CCCCN)NC(=O)[C@@H](N)CSSC[C@@H](C(=O)O)NC(=O)[C@H](CO)NC3=O)C(=O)N[C@H](Cc3c[nH]c4ccccc34)C(=O)N2C)cc1. The number of fused-ring (bicyclic) bond motifs is 10. The Morgan fingerprint density at radius 1 is 0.585 bits per heavy atom. The highest BCUT2D eigenvalue weighted by atomic mass is 33.1. The predicted octanol–water partition coefficient (Wildman–Crippen LogP) is -0.778. The van der Waals surface area contributed by atoms with Gasteiger partial charge >= 0.3 is 5.97 Å².